The summed E-state index contributed by atoms with van der Waals surface area (Å²) in [4.78, 5) is 59.6. The molecule has 0 aliphatic carbocycles. The quantitative estimate of drug-likeness (QED) is 0.0580. The van der Waals surface area contributed by atoms with Crippen LogP contribution in [0.1, 0.15) is 52.6 Å². The Labute approximate surface area is 506 Å². The van der Waals surface area contributed by atoms with Gasteiger partial charge in [-0.3, -0.25) is 19.2 Å². The zero-order chi connectivity index (χ0) is 63.4. The summed E-state index contributed by atoms with van der Waals surface area (Å²) in [5, 5.41) is 11.0. The van der Waals surface area contributed by atoms with Gasteiger partial charge in [-0.1, -0.05) is 24.3 Å². The van der Waals surface area contributed by atoms with E-state index in [1.165, 1.54) is 98.8 Å². The third kappa shape index (κ3) is 15.0. The van der Waals surface area contributed by atoms with Gasteiger partial charge in [0, 0.05) is 86.3 Å². The van der Waals surface area contributed by atoms with E-state index in [0.717, 1.165) is 12.1 Å². The number of nitrogens with one attached hydrogen (secondary N) is 6. The number of anilines is 6. The SMILES string of the molecule is Cc1ccc(C(=O)Nc2ccc(S(=O)(=O)[O-])c3cc(S(=O)(=O)[O-])cc(S(=O)(=O)[O-])c23)cc1NC(=O)c1cccc(NC(=O)Nc2cccc(C(=O)Nc3cc(C(=O)Nc4ccc(S(=O)(=O)[O-])c5cc(S(=O)(=O)[O-])cc(S(=O)(=O)[O-])c45)ccc3C)c2)c1.[Ga]. The van der Waals surface area contributed by atoms with Crippen LogP contribution in [0, 0.1) is 13.8 Å². The summed E-state index contributed by atoms with van der Waals surface area (Å²) in [5.74, 6) is -3.71. The van der Waals surface area contributed by atoms with Gasteiger partial charge in [-0.2, -0.15) is 0 Å². The molecule has 451 valence electrons. The number of hydrogen-bond acceptors (Lipinski definition) is 23. The van der Waals surface area contributed by atoms with Crippen molar-refractivity contribution >= 4 is 166 Å². The Morgan fingerprint density at radius 1 is 0.322 bits per heavy atom. The molecular weight excluding hydrogens is 1330 g/mol. The molecule has 0 heterocycles. The van der Waals surface area contributed by atoms with Crippen molar-refractivity contribution < 1.29 is 102 Å². The molecule has 0 aromatic heterocycles. The molecule has 6 N–H and O–H groups in total. The van der Waals surface area contributed by atoms with Crippen LogP contribution in [0.2, 0.25) is 0 Å². The van der Waals surface area contributed by atoms with Crippen molar-refractivity contribution in [3.8, 4) is 0 Å². The summed E-state index contributed by atoms with van der Waals surface area (Å²) in [7, 11) is -33.7. The third-order valence-electron chi connectivity index (χ3n) is 12.4. The maximum atomic E-state index is 13.6. The number of rotatable bonds is 16. The predicted octanol–water partition coefficient (Wildman–Crippen LogP) is 4.31. The first-order valence-corrected chi connectivity index (χ1v) is 31.9. The molecule has 0 aliphatic heterocycles. The van der Waals surface area contributed by atoms with Gasteiger partial charge in [-0.25, -0.2) is 55.3 Å². The van der Waals surface area contributed by atoms with Gasteiger partial charge in [0.15, 0.2) is 0 Å². The van der Waals surface area contributed by atoms with Gasteiger partial charge in [0.05, 0.1) is 40.7 Å². The first kappa shape index (κ1) is 66.1. The molecule has 0 aliphatic rings. The molecule has 0 atom stereocenters. The summed E-state index contributed by atoms with van der Waals surface area (Å²) in [6, 6.07) is 21.2. The van der Waals surface area contributed by atoms with Crippen molar-refractivity contribution in [3.63, 3.8) is 0 Å². The summed E-state index contributed by atoms with van der Waals surface area (Å²) in [5.41, 5.74) is -0.846. The largest absolute Gasteiger partial charge is 0.744 e. The van der Waals surface area contributed by atoms with Crippen molar-refractivity contribution in [1.29, 1.82) is 0 Å². The maximum absolute atomic E-state index is 13.6. The number of hydrogen-bond donors (Lipinski definition) is 6. The minimum Gasteiger partial charge on any atom is -0.744 e. The summed E-state index contributed by atoms with van der Waals surface area (Å²) >= 11 is 0. The molecular formula is C51H34GaN6O23S6-6. The molecule has 87 heavy (non-hydrogen) atoms. The number of benzene rings is 8. The smallest absolute Gasteiger partial charge is 0.323 e. The van der Waals surface area contributed by atoms with Crippen molar-refractivity contribution in [2.24, 2.45) is 0 Å². The Kier molecular flexibility index (Phi) is 18.5. The normalized spacial score (nSPS) is 12.1. The summed E-state index contributed by atoms with van der Waals surface area (Å²) in [6.45, 7) is 3.07. The van der Waals surface area contributed by atoms with Crippen LogP contribution in [-0.4, -0.2) is 127 Å². The van der Waals surface area contributed by atoms with Crippen LogP contribution in [0.4, 0.5) is 38.9 Å². The van der Waals surface area contributed by atoms with E-state index < -0.39 is 153 Å². The second-order valence-corrected chi connectivity index (χ2v) is 26.4. The van der Waals surface area contributed by atoms with Gasteiger partial charge in [0.25, 0.3) is 23.6 Å². The minimum atomic E-state index is -5.75. The molecule has 0 fully saturated rings. The predicted molar refractivity (Wildman–Crippen MR) is 301 cm³/mol. The molecule has 0 saturated carbocycles. The van der Waals surface area contributed by atoms with E-state index in [0.29, 0.717) is 35.4 Å². The second kappa shape index (κ2) is 24.4. The topological polar surface area (TPSA) is 501 Å². The van der Waals surface area contributed by atoms with E-state index in [4.69, 9.17) is 0 Å². The minimum absolute atomic E-state index is 0. The number of carbonyl (C=O) groups is 5. The van der Waals surface area contributed by atoms with Gasteiger partial charge in [-0.15, -0.1) is 0 Å². The average molecular weight is 1360 g/mol. The average Bonchev–Trinajstić information content (AvgIpc) is 0.808. The van der Waals surface area contributed by atoms with E-state index in [9.17, 15) is 102 Å². The van der Waals surface area contributed by atoms with E-state index in [2.05, 4.69) is 31.9 Å². The number of carbonyl (C=O) groups excluding carboxylic acids is 5. The monoisotopic (exact) mass is 1360 g/mol. The molecule has 3 radical (unpaired) electrons. The Balaban J connectivity index is 0.0000108. The fraction of sp³-hybridized carbons (Fsp3) is 0.0392. The van der Waals surface area contributed by atoms with Gasteiger partial charge in [0.1, 0.15) is 60.7 Å². The Morgan fingerprint density at radius 2 is 0.632 bits per heavy atom. The molecule has 0 spiro atoms. The zero-order valence-corrected chi connectivity index (χ0v) is 50.9. The molecule has 8 aromatic rings. The van der Waals surface area contributed by atoms with Crippen molar-refractivity contribution in [2.75, 3.05) is 31.9 Å². The number of aryl methyl sites for hydroxylation is 2. The molecule has 0 bridgehead atoms. The van der Waals surface area contributed by atoms with Crippen molar-refractivity contribution in [1.82, 2.24) is 0 Å². The van der Waals surface area contributed by atoms with Crippen LogP contribution < -0.4 is 31.9 Å². The van der Waals surface area contributed by atoms with E-state index in [1.54, 1.807) is 0 Å². The third-order valence-corrected chi connectivity index (χ3v) is 17.6. The second-order valence-electron chi connectivity index (χ2n) is 18.3. The van der Waals surface area contributed by atoms with Gasteiger partial charge >= 0.3 is 6.03 Å². The van der Waals surface area contributed by atoms with Crippen LogP contribution in [0.25, 0.3) is 21.5 Å². The van der Waals surface area contributed by atoms with E-state index in [1.807, 2.05) is 0 Å². The Hall–Kier alpha value is -8.47. The van der Waals surface area contributed by atoms with Gasteiger partial charge in [0.2, 0.25) is 0 Å². The van der Waals surface area contributed by atoms with Gasteiger partial charge < -0.3 is 59.2 Å². The molecule has 8 rings (SSSR count). The molecule has 36 heteroatoms. The zero-order valence-electron chi connectivity index (χ0n) is 43.6. The van der Waals surface area contributed by atoms with Gasteiger partial charge in [-0.05, 0) is 134 Å². The van der Waals surface area contributed by atoms with Crippen LogP contribution in [-0.2, 0) is 60.7 Å². The Morgan fingerprint density at radius 3 is 0.943 bits per heavy atom. The molecule has 0 unspecified atom stereocenters. The van der Waals surface area contributed by atoms with Crippen LogP contribution >= 0.6 is 0 Å². The first-order valence-electron chi connectivity index (χ1n) is 23.5. The number of urea groups is 1. The Bertz CT molecular complexity index is 4720. The van der Waals surface area contributed by atoms with E-state index in [-0.39, 0.29) is 76.9 Å². The maximum Gasteiger partial charge on any atom is 0.323 e. The first-order chi connectivity index (χ1) is 39.8. The molecule has 6 amide bonds. The van der Waals surface area contributed by atoms with Crippen LogP contribution in [0.5, 0.6) is 0 Å². The van der Waals surface area contributed by atoms with Crippen molar-refractivity contribution in [2.45, 2.75) is 43.2 Å². The van der Waals surface area contributed by atoms with Crippen molar-refractivity contribution in [3.05, 3.63) is 167 Å². The fourth-order valence-electron chi connectivity index (χ4n) is 8.46. The van der Waals surface area contributed by atoms with Crippen LogP contribution in [0.15, 0.2) is 163 Å². The van der Waals surface area contributed by atoms with Crippen LogP contribution in [0.3, 0.4) is 0 Å². The summed E-state index contributed by atoms with van der Waals surface area (Å²) in [6.07, 6.45) is 0. The number of fused-ring (bicyclic) bond motifs is 2. The fourth-order valence-corrected chi connectivity index (χ4v) is 12.5. The molecule has 29 nitrogen and oxygen atoms in total. The summed E-state index contributed by atoms with van der Waals surface area (Å²) < 4.78 is 218. The molecule has 0 saturated heterocycles. The number of amides is 6. The van der Waals surface area contributed by atoms with E-state index >= 15 is 0 Å². The standard InChI is InChI=1S/C51H40N6O23S6.Ga/c1-25-9-11-29(49(60)54-37-13-15-41(83(69,70)71)35-21-33(81(63,64)65)23-43(45(35)37)85(75,76)77)19-39(25)56-47(58)27-5-3-7-31(17-27)52-51(62)53-32-8-4-6-28(18-32)48(59)57-40-20-30(12-10-26(40)2)50(61)55-38-14-16-42(84(72,73)74)36-22-34(82(66,67)68)24-44(46(36)38)86(78,79)80;/h3-24H,1-2H3,(H,54,60)(H,55,61)(H,56,58)(H,57,59)(H2,52,53,62)(H,63,64,65)(H,66,67,68)(H,69,70,71)(H,72,73,74)(H,75,76,77)(H,78,79,80);/p-6. The molecule has 8 aromatic carbocycles.